The van der Waals surface area contributed by atoms with Gasteiger partial charge in [0.2, 0.25) is 0 Å². The normalized spacial score (nSPS) is 10.0. The lowest BCUT2D eigenvalue weighted by molar-refractivity contribution is 0.409. The van der Waals surface area contributed by atoms with E-state index in [0.29, 0.717) is 21.7 Å². The third kappa shape index (κ3) is 4.77. The fourth-order valence-corrected chi connectivity index (χ4v) is 2.54. The zero-order chi connectivity index (χ0) is 15.2. The van der Waals surface area contributed by atoms with Gasteiger partial charge in [-0.1, -0.05) is 41.4 Å². The average Bonchev–Trinajstić information content (AvgIpc) is 2.44. The van der Waals surface area contributed by atoms with E-state index in [1.807, 2.05) is 24.3 Å². The van der Waals surface area contributed by atoms with Crippen molar-refractivity contribution in [3.05, 3.63) is 58.1 Å². The van der Waals surface area contributed by atoms with Crippen molar-refractivity contribution < 1.29 is 4.74 Å². The van der Waals surface area contributed by atoms with Gasteiger partial charge in [0.25, 0.3) is 0 Å². The van der Waals surface area contributed by atoms with Gasteiger partial charge in [-0.3, -0.25) is 0 Å². The minimum atomic E-state index is 0.485. The van der Waals surface area contributed by atoms with E-state index in [4.69, 9.17) is 40.2 Å². The molecule has 0 unspecified atom stereocenters. The summed E-state index contributed by atoms with van der Waals surface area (Å²) in [5, 5.41) is 7.75. The first-order valence-corrected chi connectivity index (χ1v) is 7.38. The zero-order valence-electron chi connectivity index (χ0n) is 11.3. The Morgan fingerprint density at radius 2 is 1.81 bits per heavy atom. The van der Waals surface area contributed by atoms with Crippen LogP contribution in [-0.4, -0.2) is 12.2 Å². The highest BCUT2D eigenvalue weighted by molar-refractivity contribution is 7.80. The van der Waals surface area contributed by atoms with Gasteiger partial charge in [0.1, 0.15) is 5.75 Å². The summed E-state index contributed by atoms with van der Waals surface area (Å²) in [6.45, 7) is 0.560. The van der Waals surface area contributed by atoms with Gasteiger partial charge in [-0.2, -0.15) is 0 Å². The van der Waals surface area contributed by atoms with E-state index in [1.54, 1.807) is 25.3 Å². The molecule has 0 heterocycles. The van der Waals surface area contributed by atoms with E-state index in [0.717, 1.165) is 17.0 Å². The predicted molar refractivity (Wildman–Crippen MR) is 92.5 cm³/mol. The number of benzene rings is 2. The Morgan fingerprint density at radius 3 is 2.48 bits per heavy atom. The van der Waals surface area contributed by atoms with Crippen LogP contribution >= 0.6 is 35.4 Å². The number of ether oxygens (including phenoxy) is 1. The molecule has 21 heavy (non-hydrogen) atoms. The lowest BCUT2D eigenvalue weighted by Crippen LogP contribution is -2.28. The highest BCUT2D eigenvalue weighted by Gasteiger charge is 2.04. The molecule has 2 N–H and O–H groups in total. The molecule has 0 aliphatic rings. The molecule has 0 atom stereocenters. The van der Waals surface area contributed by atoms with E-state index >= 15 is 0 Å². The van der Waals surface area contributed by atoms with Gasteiger partial charge < -0.3 is 15.4 Å². The monoisotopic (exact) mass is 340 g/mol. The lowest BCUT2D eigenvalue weighted by Gasteiger charge is -2.13. The molecule has 0 amide bonds. The van der Waals surface area contributed by atoms with Crippen molar-refractivity contribution in [2.24, 2.45) is 0 Å². The minimum Gasteiger partial charge on any atom is -0.496 e. The van der Waals surface area contributed by atoms with E-state index in [1.165, 1.54) is 0 Å². The van der Waals surface area contributed by atoms with Crippen molar-refractivity contribution in [3.8, 4) is 5.75 Å². The van der Waals surface area contributed by atoms with E-state index in [-0.39, 0.29) is 0 Å². The van der Waals surface area contributed by atoms with Gasteiger partial charge in [-0.25, -0.2) is 0 Å². The Hall–Kier alpha value is -1.49. The molecule has 0 aromatic heterocycles. The largest absolute Gasteiger partial charge is 0.496 e. The molecule has 0 saturated carbocycles. The molecular formula is C15H14Cl2N2OS. The van der Waals surface area contributed by atoms with Crippen LogP contribution in [-0.2, 0) is 6.54 Å². The molecule has 0 radical (unpaired) electrons. The van der Waals surface area contributed by atoms with Crippen LogP contribution in [0, 0.1) is 0 Å². The molecule has 2 aromatic rings. The Bertz CT molecular complexity index is 629. The van der Waals surface area contributed by atoms with Gasteiger partial charge in [0.05, 0.1) is 7.11 Å². The second kappa shape index (κ2) is 7.50. The number of para-hydroxylation sites is 1. The molecule has 6 heteroatoms. The zero-order valence-corrected chi connectivity index (χ0v) is 13.6. The van der Waals surface area contributed by atoms with Crippen LogP contribution in [0.1, 0.15) is 5.56 Å². The molecule has 0 fully saturated rings. The quantitative estimate of drug-likeness (QED) is 0.803. The maximum absolute atomic E-state index is 5.94. The number of halogens is 2. The van der Waals surface area contributed by atoms with Crippen LogP contribution in [0.25, 0.3) is 0 Å². The van der Waals surface area contributed by atoms with Crippen molar-refractivity contribution in [2.75, 3.05) is 12.4 Å². The summed E-state index contributed by atoms with van der Waals surface area (Å²) < 4.78 is 5.29. The number of hydrogen-bond acceptors (Lipinski definition) is 2. The van der Waals surface area contributed by atoms with Gasteiger partial charge in [-0.15, -0.1) is 0 Å². The molecule has 0 bridgehead atoms. The maximum Gasteiger partial charge on any atom is 0.171 e. The molecule has 0 aliphatic heterocycles. The molecule has 0 spiro atoms. The number of hydrogen-bond donors (Lipinski definition) is 2. The molecule has 110 valence electrons. The number of methoxy groups -OCH3 is 1. The lowest BCUT2D eigenvalue weighted by atomic mass is 10.2. The topological polar surface area (TPSA) is 33.3 Å². The molecule has 0 aliphatic carbocycles. The summed E-state index contributed by atoms with van der Waals surface area (Å²) in [6.07, 6.45) is 0. The van der Waals surface area contributed by atoms with E-state index in [2.05, 4.69) is 10.6 Å². The third-order valence-electron chi connectivity index (χ3n) is 2.75. The minimum absolute atomic E-state index is 0.485. The van der Waals surface area contributed by atoms with Crippen LogP contribution in [0.15, 0.2) is 42.5 Å². The molecule has 3 nitrogen and oxygen atoms in total. The highest BCUT2D eigenvalue weighted by atomic mass is 35.5. The Kier molecular flexibility index (Phi) is 5.67. The molecule has 2 rings (SSSR count). The summed E-state index contributed by atoms with van der Waals surface area (Å²) in [5.41, 5.74) is 1.76. The standard InChI is InChI=1S/C15H14Cl2N2OS/c1-20-14-5-3-2-4-10(14)9-18-15(21)19-13-7-11(16)6-12(17)8-13/h2-8H,9H2,1H3,(H2,18,19,21). The van der Waals surface area contributed by atoms with Gasteiger partial charge in [-0.05, 0) is 36.5 Å². The summed E-state index contributed by atoms with van der Waals surface area (Å²) in [7, 11) is 1.64. The smallest absolute Gasteiger partial charge is 0.171 e. The molecule has 0 saturated heterocycles. The summed E-state index contributed by atoms with van der Waals surface area (Å²) in [5.74, 6) is 0.818. The first-order chi connectivity index (χ1) is 10.1. The van der Waals surface area contributed by atoms with Crippen molar-refractivity contribution in [2.45, 2.75) is 6.54 Å². The predicted octanol–water partition coefficient (Wildman–Crippen LogP) is 4.49. The van der Waals surface area contributed by atoms with E-state index in [9.17, 15) is 0 Å². The summed E-state index contributed by atoms with van der Waals surface area (Å²) in [6, 6.07) is 12.9. The van der Waals surface area contributed by atoms with Gasteiger partial charge in [0.15, 0.2) is 5.11 Å². The second-order valence-corrected chi connectivity index (χ2v) is 5.56. The van der Waals surface area contributed by atoms with Crippen molar-refractivity contribution in [1.82, 2.24) is 5.32 Å². The Balaban J connectivity index is 1.96. The van der Waals surface area contributed by atoms with Crippen LogP contribution in [0.5, 0.6) is 5.75 Å². The number of thiocarbonyl (C=S) groups is 1. The van der Waals surface area contributed by atoms with Crippen molar-refractivity contribution in [1.29, 1.82) is 0 Å². The second-order valence-electron chi connectivity index (χ2n) is 4.28. The average molecular weight is 341 g/mol. The van der Waals surface area contributed by atoms with E-state index < -0.39 is 0 Å². The SMILES string of the molecule is COc1ccccc1CNC(=S)Nc1cc(Cl)cc(Cl)c1. The van der Waals surface area contributed by atoms with Crippen LogP contribution in [0.4, 0.5) is 5.69 Å². The summed E-state index contributed by atoms with van der Waals surface area (Å²) in [4.78, 5) is 0. The van der Waals surface area contributed by atoms with Gasteiger partial charge in [0, 0.05) is 27.8 Å². The first-order valence-electron chi connectivity index (χ1n) is 6.21. The number of rotatable bonds is 4. The fraction of sp³-hybridized carbons (Fsp3) is 0.133. The number of nitrogens with one attached hydrogen (secondary N) is 2. The maximum atomic E-state index is 5.94. The van der Waals surface area contributed by atoms with Crippen LogP contribution in [0.2, 0.25) is 10.0 Å². The fourth-order valence-electron chi connectivity index (χ4n) is 1.83. The highest BCUT2D eigenvalue weighted by Crippen LogP contribution is 2.22. The van der Waals surface area contributed by atoms with Crippen LogP contribution < -0.4 is 15.4 Å². The van der Waals surface area contributed by atoms with Crippen LogP contribution in [0.3, 0.4) is 0 Å². The Morgan fingerprint density at radius 1 is 1.14 bits per heavy atom. The summed E-state index contributed by atoms with van der Waals surface area (Å²) >= 11 is 17.1. The molecular weight excluding hydrogens is 327 g/mol. The van der Waals surface area contributed by atoms with Crippen molar-refractivity contribution >= 4 is 46.2 Å². The Labute approximate surface area is 139 Å². The van der Waals surface area contributed by atoms with Gasteiger partial charge >= 0.3 is 0 Å². The molecule has 2 aromatic carbocycles. The third-order valence-corrected chi connectivity index (χ3v) is 3.44. The first kappa shape index (κ1) is 15.9. The van der Waals surface area contributed by atoms with Crippen molar-refractivity contribution in [3.63, 3.8) is 0 Å². The number of anilines is 1.